The first-order valence-corrected chi connectivity index (χ1v) is 4.81. The molecule has 0 spiro atoms. The zero-order valence-corrected chi connectivity index (χ0v) is 7.51. The van der Waals surface area contributed by atoms with Crippen molar-refractivity contribution in [3.05, 3.63) is 22.6 Å². The number of fused-ring (bicyclic) bond motifs is 1. The molecule has 2 heterocycles. The zero-order chi connectivity index (χ0) is 8.84. The smallest absolute Gasteiger partial charge is 0.135 e. The van der Waals surface area contributed by atoms with E-state index >= 15 is 0 Å². The van der Waals surface area contributed by atoms with Crippen molar-refractivity contribution >= 4 is 0 Å². The summed E-state index contributed by atoms with van der Waals surface area (Å²) in [5.74, 6) is 2.82. The maximum atomic E-state index is 5.77. The van der Waals surface area contributed by atoms with E-state index in [4.69, 9.17) is 14.9 Å². The van der Waals surface area contributed by atoms with E-state index in [9.17, 15) is 0 Å². The predicted octanol–water partition coefficient (Wildman–Crippen LogP) is 1.65. The lowest BCUT2D eigenvalue weighted by Crippen LogP contribution is -2.01. The molecule has 3 heteroatoms. The zero-order valence-electron chi connectivity index (χ0n) is 7.51. The van der Waals surface area contributed by atoms with Crippen LogP contribution in [0.3, 0.4) is 0 Å². The topological polar surface area (TPSA) is 48.4 Å². The third-order valence-electron chi connectivity index (χ3n) is 2.86. The number of furan rings is 1. The third-order valence-corrected chi connectivity index (χ3v) is 2.86. The Bertz CT molecular complexity index is 339. The van der Waals surface area contributed by atoms with E-state index in [-0.39, 0.29) is 0 Å². The first kappa shape index (κ1) is 7.59. The molecule has 0 amide bonds. The Morgan fingerprint density at radius 2 is 2.15 bits per heavy atom. The summed E-state index contributed by atoms with van der Waals surface area (Å²) in [5.41, 5.74) is 8.16. The molecule has 0 atom stereocenters. The van der Waals surface area contributed by atoms with Crippen molar-refractivity contribution in [1.82, 2.24) is 0 Å². The normalized spacial score (nSPS) is 20.7. The lowest BCUT2D eigenvalue weighted by atomic mass is 10.1. The molecule has 1 fully saturated rings. The summed E-state index contributed by atoms with van der Waals surface area (Å²) in [5, 5.41) is 0. The van der Waals surface area contributed by atoms with Crippen LogP contribution < -0.4 is 5.73 Å². The number of rotatable bonds is 2. The summed E-state index contributed by atoms with van der Waals surface area (Å²) in [4.78, 5) is 0. The van der Waals surface area contributed by atoms with Gasteiger partial charge in [0.25, 0.3) is 0 Å². The van der Waals surface area contributed by atoms with E-state index in [1.807, 2.05) is 0 Å². The van der Waals surface area contributed by atoms with Gasteiger partial charge in [0.1, 0.15) is 18.1 Å². The Morgan fingerprint density at radius 1 is 1.31 bits per heavy atom. The lowest BCUT2D eigenvalue weighted by Gasteiger charge is -1.99. The molecule has 1 aromatic rings. The maximum absolute atomic E-state index is 5.77. The van der Waals surface area contributed by atoms with Gasteiger partial charge in [0.2, 0.25) is 0 Å². The molecular weight excluding hydrogens is 166 g/mol. The van der Waals surface area contributed by atoms with Gasteiger partial charge in [-0.1, -0.05) is 0 Å². The highest BCUT2D eigenvalue weighted by Crippen LogP contribution is 2.45. The number of ether oxygens (including phenoxy) is 1. The first-order chi connectivity index (χ1) is 6.40. The van der Waals surface area contributed by atoms with Crippen LogP contribution in [0.5, 0.6) is 0 Å². The van der Waals surface area contributed by atoms with Crippen LogP contribution in [0.25, 0.3) is 0 Å². The van der Waals surface area contributed by atoms with Crippen LogP contribution >= 0.6 is 0 Å². The molecule has 1 saturated carbocycles. The summed E-state index contributed by atoms with van der Waals surface area (Å²) < 4.78 is 11.1. The molecule has 2 N–H and O–H groups in total. The summed E-state index contributed by atoms with van der Waals surface area (Å²) >= 11 is 0. The van der Waals surface area contributed by atoms with Crippen LogP contribution in [0.15, 0.2) is 4.42 Å². The van der Waals surface area contributed by atoms with Crippen molar-refractivity contribution in [3.63, 3.8) is 0 Å². The minimum absolute atomic E-state index is 0.591. The molecule has 70 valence electrons. The molecule has 1 aliphatic carbocycles. The van der Waals surface area contributed by atoms with Crippen molar-refractivity contribution in [3.8, 4) is 0 Å². The number of nitrogens with two attached hydrogens (primary N) is 1. The fraction of sp³-hybridized carbons (Fsp3) is 0.600. The SMILES string of the molecule is NCc1c(C2CC2)oc2c1COC2. The molecule has 1 aliphatic heterocycles. The van der Waals surface area contributed by atoms with Gasteiger partial charge < -0.3 is 14.9 Å². The molecule has 0 aromatic carbocycles. The Labute approximate surface area is 76.9 Å². The van der Waals surface area contributed by atoms with Crippen molar-refractivity contribution in [2.75, 3.05) is 0 Å². The Hall–Kier alpha value is -0.800. The van der Waals surface area contributed by atoms with E-state index in [1.54, 1.807) is 0 Å². The van der Waals surface area contributed by atoms with Gasteiger partial charge in [0.05, 0.1) is 6.61 Å². The second-order valence-corrected chi connectivity index (χ2v) is 3.82. The van der Waals surface area contributed by atoms with Gasteiger partial charge in [-0.25, -0.2) is 0 Å². The van der Waals surface area contributed by atoms with E-state index in [2.05, 4.69) is 0 Å². The Balaban J connectivity index is 2.09. The van der Waals surface area contributed by atoms with Crippen molar-refractivity contribution < 1.29 is 9.15 Å². The third kappa shape index (κ3) is 1.04. The summed E-state index contributed by atoms with van der Waals surface area (Å²) in [6, 6.07) is 0. The molecular formula is C10H13NO2. The van der Waals surface area contributed by atoms with Gasteiger partial charge in [-0.3, -0.25) is 0 Å². The second-order valence-electron chi connectivity index (χ2n) is 3.82. The molecule has 3 rings (SSSR count). The highest BCUT2D eigenvalue weighted by Gasteiger charge is 2.33. The molecule has 1 aromatic heterocycles. The summed E-state index contributed by atoms with van der Waals surface area (Å²) in [6.07, 6.45) is 2.53. The lowest BCUT2D eigenvalue weighted by molar-refractivity contribution is 0.122. The van der Waals surface area contributed by atoms with Gasteiger partial charge in [-0.15, -0.1) is 0 Å². The van der Waals surface area contributed by atoms with Crippen LogP contribution in [0.2, 0.25) is 0 Å². The maximum Gasteiger partial charge on any atom is 0.135 e. The Kier molecular flexibility index (Phi) is 1.51. The standard InChI is InChI=1S/C10H13NO2/c11-3-7-8-4-12-5-9(8)13-10(7)6-1-2-6/h6H,1-5,11H2. The van der Waals surface area contributed by atoms with E-state index in [0.29, 0.717) is 25.7 Å². The molecule has 13 heavy (non-hydrogen) atoms. The van der Waals surface area contributed by atoms with E-state index < -0.39 is 0 Å². The molecule has 0 unspecified atom stereocenters. The summed E-state index contributed by atoms with van der Waals surface area (Å²) in [7, 11) is 0. The minimum Gasteiger partial charge on any atom is -0.463 e. The van der Waals surface area contributed by atoms with Gasteiger partial charge in [-0.2, -0.15) is 0 Å². The fourth-order valence-corrected chi connectivity index (χ4v) is 2.00. The molecule has 0 radical (unpaired) electrons. The highest BCUT2D eigenvalue weighted by atomic mass is 16.5. The molecule has 0 bridgehead atoms. The van der Waals surface area contributed by atoms with Gasteiger partial charge >= 0.3 is 0 Å². The fourth-order valence-electron chi connectivity index (χ4n) is 2.00. The van der Waals surface area contributed by atoms with Crippen molar-refractivity contribution in [2.24, 2.45) is 5.73 Å². The largest absolute Gasteiger partial charge is 0.463 e. The average Bonchev–Trinajstić information content (AvgIpc) is 2.76. The molecule has 3 nitrogen and oxygen atoms in total. The molecule has 0 saturated heterocycles. The van der Waals surface area contributed by atoms with Crippen LogP contribution in [-0.2, 0) is 24.5 Å². The van der Waals surface area contributed by atoms with Gasteiger partial charge in [0, 0.05) is 23.6 Å². The second kappa shape index (κ2) is 2.59. The van der Waals surface area contributed by atoms with Crippen LogP contribution in [-0.4, -0.2) is 0 Å². The van der Waals surface area contributed by atoms with Gasteiger partial charge in [-0.05, 0) is 12.8 Å². The van der Waals surface area contributed by atoms with Crippen LogP contribution in [0.1, 0.15) is 41.4 Å². The van der Waals surface area contributed by atoms with E-state index in [1.165, 1.54) is 24.0 Å². The Morgan fingerprint density at radius 3 is 2.85 bits per heavy atom. The average molecular weight is 179 g/mol. The van der Waals surface area contributed by atoms with Crippen molar-refractivity contribution in [2.45, 2.75) is 38.5 Å². The monoisotopic (exact) mass is 179 g/mol. The quantitative estimate of drug-likeness (QED) is 0.750. The van der Waals surface area contributed by atoms with Crippen LogP contribution in [0, 0.1) is 0 Å². The first-order valence-electron chi connectivity index (χ1n) is 4.81. The number of hydrogen-bond acceptors (Lipinski definition) is 3. The van der Waals surface area contributed by atoms with Crippen LogP contribution in [0.4, 0.5) is 0 Å². The van der Waals surface area contributed by atoms with E-state index in [0.717, 1.165) is 11.5 Å². The minimum atomic E-state index is 0.591. The van der Waals surface area contributed by atoms with Gasteiger partial charge in [0.15, 0.2) is 0 Å². The highest BCUT2D eigenvalue weighted by molar-refractivity contribution is 5.37. The van der Waals surface area contributed by atoms with Crippen molar-refractivity contribution in [1.29, 1.82) is 0 Å². The molecule has 2 aliphatic rings. The number of hydrogen-bond donors (Lipinski definition) is 1. The summed E-state index contributed by atoms with van der Waals surface area (Å²) in [6.45, 7) is 1.92. The predicted molar refractivity (Wildman–Crippen MR) is 47.1 cm³/mol.